The molecule has 1 saturated heterocycles. The Hall–Kier alpha value is -1.20. The maximum atomic E-state index is 11.8. The van der Waals surface area contributed by atoms with Crippen molar-refractivity contribution in [3.8, 4) is 0 Å². The van der Waals surface area contributed by atoms with Crippen LogP contribution < -0.4 is 0 Å². The lowest BCUT2D eigenvalue weighted by Gasteiger charge is -2.39. The molecule has 2 aromatic carbocycles. The molecule has 2 aromatic rings. The van der Waals surface area contributed by atoms with Crippen molar-refractivity contribution in [2.45, 2.75) is 30.2 Å². The summed E-state index contributed by atoms with van der Waals surface area (Å²) in [5.74, 6) is 0. The maximum absolute atomic E-state index is 11.8. The number of hydrogen-bond acceptors (Lipinski definition) is 4. The molecule has 0 aliphatic carbocycles. The van der Waals surface area contributed by atoms with Crippen molar-refractivity contribution in [3.63, 3.8) is 0 Å². The first kappa shape index (κ1) is 18.2. The lowest BCUT2D eigenvalue weighted by atomic mass is 9.93. The summed E-state index contributed by atoms with van der Waals surface area (Å²) < 4.78 is 0. The number of hydrogen-bond donors (Lipinski definition) is 1. The third-order valence-electron chi connectivity index (χ3n) is 5.01. The van der Waals surface area contributed by atoms with Crippen LogP contribution in [-0.4, -0.2) is 33.5 Å². The molecule has 2 aliphatic heterocycles. The van der Waals surface area contributed by atoms with Crippen molar-refractivity contribution in [1.82, 2.24) is 4.90 Å². The highest BCUT2D eigenvalue weighted by Crippen LogP contribution is 2.48. The van der Waals surface area contributed by atoms with Gasteiger partial charge in [0.1, 0.15) is 0 Å². The third kappa shape index (κ3) is 3.24. The van der Waals surface area contributed by atoms with E-state index in [2.05, 4.69) is 29.3 Å². The molecule has 1 fully saturated rings. The van der Waals surface area contributed by atoms with Crippen LogP contribution in [0.1, 0.15) is 24.0 Å². The summed E-state index contributed by atoms with van der Waals surface area (Å²) >= 11 is 14.0. The highest BCUT2D eigenvalue weighted by atomic mass is 35.5. The van der Waals surface area contributed by atoms with Gasteiger partial charge in [0.2, 0.25) is 0 Å². The molecule has 0 spiro atoms. The standard InChI is InChI=1S/C20H20Cl2N2OS/c21-16-9-8-15(13-17(16)22)20(25)18(10-7-14-5-2-1-3-6-14)26-19-23-11-4-12-24(19)20/h1-3,5-6,8-9,13,18,25H,4,7,10-12H2. The zero-order chi connectivity index (χ0) is 18.1. The minimum absolute atomic E-state index is 0.0169. The fraction of sp³-hybridized carbons (Fsp3) is 0.350. The second-order valence-electron chi connectivity index (χ2n) is 6.66. The molecular formula is C20H20Cl2N2OS. The third-order valence-corrected chi connectivity index (χ3v) is 7.16. The van der Waals surface area contributed by atoms with Gasteiger partial charge >= 0.3 is 0 Å². The molecule has 0 saturated carbocycles. The Morgan fingerprint density at radius 1 is 1.15 bits per heavy atom. The van der Waals surface area contributed by atoms with Crippen LogP contribution in [0.25, 0.3) is 0 Å². The van der Waals surface area contributed by atoms with Gasteiger partial charge in [-0.15, -0.1) is 0 Å². The monoisotopic (exact) mass is 406 g/mol. The molecule has 2 aliphatic rings. The van der Waals surface area contributed by atoms with Crippen molar-refractivity contribution >= 4 is 40.1 Å². The second-order valence-corrected chi connectivity index (χ2v) is 8.64. The first-order valence-electron chi connectivity index (χ1n) is 8.79. The minimum Gasteiger partial charge on any atom is -0.366 e. The lowest BCUT2D eigenvalue weighted by Crippen LogP contribution is -2.50. The van der Waals surface area contributed by atoms with Gasteiger partial charge in [-0.05, 0) is 37.0 Å². The Labute approximate surface area is 168 Å². The average molecular weight is 407 g/mol. The first-order chi connectivity index (χ1) is 12.6. The van der Waals surface area contributed by atoms with E-state index in [-0.39, 0.29) is 5.25 Å². The molecule has 4 rings (SSSR count). The summed E-state index contributed by atoms with van der Waals surface area (Å²) in [6.45, 7) is 1.62. The summed E-state index contributed by atoms with van der Waals surface area (Å²) in [5.41, 5.74) is 0.938. The Morgan fingerprint density at radius 3 is 2.73 bits per heavy atom. The molecule has 136 valence electrons. The van der Waals surface area contributed by atoms with Gasteiger partial charge in [-0.25, -0.2) is 0 Å². The Kier molecular flexibility index (Phi) is 5.20. The molecule has 3 nitrogen and oxygen atoms in total. The number of halogens is 2. The number of benzene rings is 2. The van der Waals surface area contributed by atoms with Gasteiger partial charge < -0.3 is 10.0 Å². The molecule has 0 aromatic heterocycles. The number of rotatable bonds is 4. The normalized spacial score (nSPS) is 25.1. The predicted molar refractivity (Wildman–Crippen MR) is 110 cm³/mol. The molecule has 1 N–H and O–H groups in total. The lowest BCUT2D eigenvalue weighted by molar-refractivity contribution is -0.0734. The summed E-state index contributed by atoms with van der Waals surface area (Å²) in [4.78, 5) is 6.68. The highest BCUT2D eigenvalue weighted by Gasteiger charge is 2.52. The van der Waals surface area contributed by atoms with Crippen LogP contribution >= 0.6 is 35.0 Å². The largest absolute Gasteiger partial charge is 0.366 e. The number of aliphatic hydroxyl groups is 1. The van der Waals surface area contributed by atoms with Crippen LogP contribution in [0.3, 0.4) is 0 Å². The number of fused-ring (bicyclic) bond motifs is 1. The van der Waals surface area contributed by atoms with E-state index in [1.54, 1.807) is 23.9 Å². The smallest absolute Gasteiger partial charge is 0.178 e. The van der Waals surface area contributed by atoms with Gasteiger partial charge in [0.05, 0.1) is 15.3 Å². The molecule has 0 amide bonds. The highest BCUT2D eigenvalue weighted by molar-refractivity contribution is 8.14. The van der Waals surface area contributed by atoms with E-state index in [0.717, 1.165) is 43.1 Å². The van der Waals surface area contributed by atoms with E-state index in [1.165, 1.54) is 5.56 Å². The van der Waals surface area contributed by atoms with Gasteiger partial charge in [-0.1, -0.05) is 71.4 Å². The van der Waals surface area contributed by atoms with Crippen LogP contribution in [-0.2, 0) is 12.1 Å². The van der Waals surface area contributed by atoms with E-state index in [0.29, 0.717) is 10.0 Å². The number of thioether (sulfide) groups is 1. The summed E-state index contributed by atoms with van der Waals surface area (Å²) in [6, 6.07) is 15.8. The van der Waals surface area contributed by atoms with Gasteiger partial charge in [-0.3, -0.25) is 4.99 Å². The van der Waals surface area contributed by atoms with Crippen molar-refractivity contribution in [2.24, 2.45) is 4.99 Å². The molecule has 2 unspecified atom stereocenters. The minimum atomic E-state index is -1.12. The number of aliphatic imine (C=N–C) groups is 1. The Morgan fingerprint density at radius 2 is 1.96 bits per heavy atom. The van der Waals surface area contributed by atoms with Gasteiger partial charge in [0.25, 0.3) is 0 Å². The molecule has 0 bridgehead atoms. The first-order valence-corrected chi connectivity index (χ1v) is 10.4. The number of nitrogens with zero attached hydrogens (tertiary/aromatic N) is 2. The van der Waals surface area contributed by atoms with E-state index in [9.17, 15) is 5.11 Å². The quantitative estimate of drug-likeness (QED) is 0.779. The Bertz CT molecular complexity index is 830. The molecule has 26 heavy (non-hydrogen) atoms. The van der Waals surface area contributed by atoms with Crippen LogP contribution in [0.2, 0.25) is 10.0 Å². The fourth-order valence-corrected chi connectivity index (χ4v) is 5.39. The summed E-state index contributed by atoms with van der Waals surface area (Å²) in [5, 5.41) is 13.7. The van der Waals surface area contributed by atoms with Crippen molar-refractivity contribution in [1.29, 1.82) is 0 Å². The van der Waals surface area contributed by atoms with E-state index in [4.69, 9.17) is 23.2 Å². The van der Waals surface area contributed by atoms with Crippen LogP contribution in [0, 0.1) is 0 Å². The number of aryl methyl sites for hydroxylation is 1. The van der Waals surface area contributed by atoms with Crippen LogP contribution in [0.5, 0.6) is 0 Å². The SMILES string of the molecule is OC1(c2ccc(Cl)c(Cl)c2)C(CCc2ccccc2)SC2=NCCCN21. The molecule has 2 heterocycles. The second kappa shape index (κ2) is 7.43. The van der Waals surface area contributed by atoms with Crippen LogP contribution in [0.15, 0.2) is 53.5 Å². The molecule has 0 radical (unpaired) electrons. The zero-order valence-electron chi connectivity index (χ0n) is 14.2. The van der Waals surface area contributed by atoms with E-state index in [1.807, 2.05) is 17.0 Å². The maximum Gasteiger partial charge on any atom is 0.178 e. The summed E-state index contributed by atoms with van der Waals surface area (Å²) in [7, 11) is 0. The fourth-order valence-electron chi connectivity index (χ4n) is 3.65. The molecule has 6 heteroatoms. The van der Waals surface area contributed by atoms with Crippen molar-refractivity contribution in [2.75, 3.05) is 13.1 Å². The predicted octanol–water partition coefficient (Wildman–Crippen LogP) is 4.95. The van der Waals surface area contributed by atoms with Gasteiger partial charge in [0, 0.05) is 18.7 Å². The van der Waals surface area contributed by atoms with E-state index >= 15 is 0 Å². The zero-order valence-corrected chi connectivity index (χ0v) is 16.6. The Balaban J connectivity index is 1.67. The van der Waals surface area contributed by atoms with Crippen molar-refractivity contribution < 1.29 is 5.11 Å². The average Bonchev–Trinajstić information content (AvgIpc) is 2.96. The number of amidine groups is 1. The van der Waals surface area contributed by atoms with Gasteiger partial charge in [0.15, 0.2) is 10.9 Å². The molecular weight excluding hydrogens is 387 g/mol. The summed E-state index contributed by atoms with van der Waals surface area (Å²) in [6.07, 6.45) is 2.70. The van der Waals surface area contributed by atoms with E-state index < -0.39 is 5.72 Å². The molecule has 2 atom stereocenters. The van der Waals surface area contributed by atoms with Gasteiger partial charge in [-0.2, -0.15) is 0 Å². The van der Waals surface area contributed by atoms with Crippen molar-refractivity contribution in [3.05, 3.63) is 69.7 Å². The van der Waals surface area contributed by atoms with Crippen LogP contribution in [0.4, 0.5) is 0 Å². The topological polar surface area (TPSA) is 35.8 Å².